The van der Waals surface area contributed by atoms with Crippen molar-refractivity contribution >= 4 is 39.5 Å². The van der Waals surface area contributed by atoms with Gasteiger partial charge in [-0.05, 0) is 36.8 Å². The van der Waals surface area contributed by atoms with Gasteiger partial charge in [0.25, 0.3) is 0 Å². The molecule has 32 heavy (non-hydrogen) atoms. The second-order valence-electron chi connectivity index (χ2n) is 8.00. The van der Waals surface area contributed by atoms with E-state index in [2.05, 4.69) is 16.0 Å². The summed E-state index contributed by atoms with van der Waals surface area (Å²) in [7, 11) is 0. The molecule has 2 aromatic heterocycles. The summed E-state index contributed by atoms with van der Waals surface area (Å²) in [5, 5.41) is 10.8. The molecule has 2 aromatic carbocycles. The molecule has 1 amide bonds. The van der Waals surface area contributed by atoms with Gasteiger partial charge in [0, 0.05) is 35.8 Å². The number of rotatable bonds is 4. The van der Waals surface area contributed by atoms with Crippen LogP contribution in [-0.4, -0.2) is 51.6 Å². The third-order valence-corrected chi connectivity index (χ3v) is 5.80. The fourth-order valence-electron chi connectivity index (χ4n) is 4.14. The second-order valence-corrected chi connectivity index (χ2v) is 8.00. The van der Waals surface area contributed by atoms with Gasteiger partial charge in [-0.3, -0.25) is 4.79 Å². The smallest absolute Gasteiger partial charge is 0.242 e. The maximum atomic E-state index is 12.8. The minimum Gasteiger partial charge on any atom is -0.378 e. The number of hydrogen-bond acceptors (Lipinski definition) is 4. The zero-order chi connectivity index (χ0) is 22.1. The van der Waals surface area contributed by atoms with Gasteiger partial charge in [-0.15, -0.1) is 0 Å². The van der Waals surface area contributed by atoms with Crippen LogP contribution in [0.15, 0.2) is 48.7 Å². The summed E-state index contributed by atoms with van der Waals surface area (Å²) in [6, 6.07) is 16.2. The predicted octanol–water partition coefficient (Wildman–Crippen LogP) is 3.75. The van der Waals surface area contributed by atoms with E-state index in [0.717, 1.165) is 33.1 Å². The van der Waals surface area contributed by atoms with Gasteiger partial charge >= 0.3 is 0 Å². The molecule has 1 N–H and O–H groups in total. The number of para-hydroxylation sites is 1. The van der Waals surface area contributed by atoms with Gasteiger partial charge in [-0.1, -0.05) is 24.3 Å². The topological polar surface area (TPSA) is 86.9 Å². The van der Waals surface area contributed by atoms with E-state index >= 15 is 0 Å². The number of imidazole rings is 1. The number of nitriles is 1. The molecule has 1 saturated heterocycles. The van der Waals surface area contributed by atoms with E-state index in [1.807, 2.05) is 71.1 Å². The highest BCUT2D eigenvalue weighted by Gasteiger charge is 2.19. The molecule has 1 fully saturated rings. The van der Waals surface area contributed by atoms with Crippen molar-refractivity contribution in [3.05, 3.63) is 65.6 Å². The summed E-state index contributed by atoms with van der Waals surface area (Å²) in [4.78, 5) is 22.5. The Bertz CT molecular complexity index is 1380. The fourth-order valence-corrected chi connectivity index (χ4v) is 4.14. The number of carbonyl (C=O) groups excluding carboxylic acids is 1. The van der Waals surface area contributed by atoms with Gasteiger partial charge in [-0.2, -0.15) is 5.26 Å². The van der Waals surface area contributed by atoms with Crippen LogP contribution in [0.5, 0.6) is 0 Å². The van der Waals surface area contributed by atoms with Crippen molar-refractivity contribution in [2.45, 2.75) is 13.5 Å². The third-order valence-electron chi connectivity index (χ3n) is 5.80. The summed E-state index contributed by atoms with van der Waals surface area (Å²) >= 11 is 0. The van der Waals surface area contributed by atoms with Crippen LogP contribution in [0.4, 0.5) is 0 Å². The van der Waals surface area contributed by atoms with E-state index in [1.165, 1.54) is 0 Å². The Labute approximate surface area is 185 Å². The number of aryl methyl sites for hydroxylation is 1. The van der Waals surface area contributed by atoms with Crippen LogP contribution in [0.3, 0.4) is 0 Å². The third kappa shape index (κ3) is 3.77. The molecule has 3 heterocycles. The van der Waals surface area contributed by atoms with Gasteiger partial charge in [0.2, 0.25) is 5.91 Å². The number of morpholine rings is 1. The van der Waals surface area contributed by atoms with E-state index < -0.39 is 0 Å². The first-order valence-corrected chi connectivity index (χ1v) is 10.6. The van der Waals surface area contributed by atoms with E-state index in [9.17, 15) is 10.1 Å². The van der Waals surface area contributed by atoms with Crippen LogP contribution in [-0.2, 0) is 16.1 Å². The molecule has 5 rings (SSSR count). The van der Waals surface area contributed by atoms with Crippen LogP contribution in [0.1, 0.15) is 17.0 Å². The Balaban J connectivity index is 1.52. The lowest BCUT2D eigenvalue weighted by atomic mass is 10.1. The minimum atomic E-state index is 0.0674. The van der Waals surface area contributed by atoms with Crippen LogP contribution in [0.2, 0.25) is 0 Å². The molecule has 0 radical (unpaired) electrons. The molecule has 1 aliphatic rings. The first-order chi connectivity index (χ1) is 15.6. The van der Waals surface area contributed by atoms with Crippen LogP contribution in [0, 0.1) is 18.3 Å². The Morgan fingerprint density at radius 3 is 2.88 bits per heavy atom. The summed E-state index contributed by atoms with van der Waals surface area (Å²) < 4.78 is 7.31. The van der Waals surface area contributed by atoms with Gasteiger partial charge in [0.05, 0.1) is 29.8 Å². The average molecular weight is 425 g/mol. The number of nitrogens with one attached hydrogen (secondary N) is 1. The van der Waals surface area contributed by atoms with Gasteiger partial charge in [0.15, 0.2) is 0 Å². The van der Waals surface area contributed by atoms with E-state index in [4.69, 9.17) is 4.74 Å². The van der Waals surface area contributed by atoms with Crippen LogP contribution in [0.25, 0.3) is 33.6 Å². The molecular weight excluding hydrogens is 402 g/mol. The Hall–Kier alpha value is -3.89. The number of carbonyl (C=O) groups is 1. The van der Waals surface area contributed by atoms with E-state index in [0.29, 0.717) is 37.7 Å². The fraction of sp³-hybridized carbons (Fsp3) is 0.240. The molecular formula is C25H23N5O2. The molecule has 0 bridgehead atoms. The molecule has 7 nitrogen and oxygen atoms in total. The summed E-state index contributed by atoms with van der Waals surface area (Å²) in [5.74, 6) is 0.604. The standard InChI is InChI=1S/C25H23N5O2/c1-17-6-7-21-22(12-17)28-25(27-21)18(14-26)13-19-15-30(23-5-3-2-4-20(19)23)16-24(31)29-8-10-32-11-9-29/h2-7,12-13,15H,8-11,16H2,1H3,(H,27,28)/b18-13-. The molecule has 7 heteroatoms. The highest BCUT2D eigenvalue weighted by Crippen LogP contribution is 2.26. The maximum absolute atomic E-state index is 12.8. The lowest BCUT2D eigenvalue weighted by molar-refractivity contribution is -0.135. The van der Waals surface area contributed by atoms with Crippen molar-refractivity contribution < 1.29 is 9.53 Å². The first-order valence-electron chi connectivity index (χ1n) is 10.6. The van der Waals surface area contributed by atoms with Crippen molar-refractivity contribution in [3.8, 4) is 6.07 Å². The number of H-pyrrole nitrogens is 1. The number of hydrogen-bond donors (Lipinski definition) is 1. The minimum absolute atomic E-state index is 0.0674. The summed E-state index contributed by atoms with van der Waals surface area (Å²) in [6.07, 6.45) is 3.77. The van der Waals surface area contributed by atoms with Gasteiger partial charge in [0.1, 0.15) is 18.4 Å². The van der Waals surface area contributed by atoms with Crippen molar-refractivity contribution in [1.29, 1.82) is 5.26 Å². The number of benzene rings is 2. The molecule has 0 saturated carbocycles. The number of ether oxygens (including phenoxy) is 1. The number of nitrogens with zero attached hydrogens (tertiary/aromatic N) is 4. The lowest BCUT2D eigenvalue weighted by Crippen LogP contribution is -2.42. The Morgan fingerprint density at radius 2 is 2.06 bits per heavy atom. The molecule has 160 valence electrons. The van der Waals surface area contributed by atoms with Crippen LogP contribution < -0.4 is 0 Å². The number of amides is 1. The van der Waals surface area contributed by atoms with Crippen molar-refractivity contribution in [3.63, 3.8) is 0 Å². The highest BCUT2D eigenvalue weighted by atomic mass is 16.5. The number of allylic oxidation sites excluding steroid dienone is 1. The number of aromatic nitrogens is 3. The molecule has 0 atom stereocenters. The largest absolute Gasteiger partial charge is 0.378 e. The average Bonchev–Trinajstić information content (AvgIpc) is 3.39. The first kappa shape index (κ1) is 20.0. The SMILES string of the molecule is Cc1ccc2nc(/C(C#N)=C\c3cn(CC(=O)N4CCOCC4)c4ccccc34)[nH]c2c1. The van der Waals surface area contributed by atoms with E-state index in [1.54, 1.807) is 0 Å². The molecule has 0 unspecified atom stereocenters. The molecule has 0 aliphatic carbocycles. The Kier molecular flexibility index (Phi) is 5.21. The quantitative estimate of drug-likeness (QED) is 0.505. The predicted molar refractivity (Wildman–Crippen MR) is 124 cm³/mol. The van der Waals surface area contributed by atoms with Gasteiger partial charge in [-0.25, -0.2) is 4.98 Å². The van der Waals surface area contributed by atoms with E-state index in [-0.39, 0.29) is 12.5 Å². The van der Waals surface area contributed by atoms with Crippen LogP contribution >= 0.6 is 0 Å². The number of aromatic amines is 1. The number of fused-ring (bicyclic) bond motifs is 2. The zero-order valence-corrected chi connectivity index (χ0v) is 17.8. The monoisotopic (exact) mass is 425 g/mol. The highest BCUT2D eigenvalue weighted by molar-refractivity contribution is 5.98. The summed E-state index contributed by atoms with van der Waals surface area (Å²) in [5.41, 5.74) is 5.14. The second kappa shape index (κ2) is 8.33. The maximum Gasteiger partial charge on any atom is 0.242 e. The summed E-state index contributed by atoms with van der Waals surface area (Å²) in [6.45, 7) is 4.67. The van der Waals surface area contributed by atoms with Gasteiger partial charge < -0.3 is 19.2 Å². The zero-order valence-electron chi connectivity index (χ0n) is 17.8. The molecule has 4 aromatic rings. The normalized spacial score (nSPS) is 14.8. The lowest BCUT2D eigenvalue weighted by Gasteiger charge is -2.27. The van der Waals surface area contributed by atoms with Crippen molar-refractivity contribution in [2.24, 2.45) is 0 Å². The van der Waals surface area contributed by atoms with Crippen molar-refractivity contribution in [2.75, 3.05) is 26.3 Å². The Morgan fingerprint density at radius 1 is 1.25 bits per heavy atom. The van der Waals surface area contributed by atoms with Crippen molar-refractivity contribution in [1.82, 2.24) is 19.4 Å². The molecule has 0 spiro atoms. The molecule has 1 aliphatic heterocycles.